The van der Waals surface area contributed by atoms with Crippen LogP contribution in [-0.4, -0.2) is 52.2 Å². The lowest BCUT2D eigenvalue weighted by Crippen LogP contribution is -2.47. The second-order valence-electron chi connectivity index (χ2n) is 10.4. The normalized spacial score (nSPS) is 24.9. The summed E-state index contributed by atoms with van der Waals surface area (Å²) in [5.41, 5.74) is 4.30. The molecule has 0 bridgehead atoms. The summed E-state index contributed by atoms with van der Waals surface area (Å²) in [5, 5.41) is 12.6. The van der Waals surface area contributed by atoms with Crippen molar-refractivity contribution in [2.75, 3.05) is 25.5 Å². The van der Waals surface area contributed by atoms with E-state index in [9.17, 15) is 14.3 Å². The third kappa shape index (κ3) is 5.85. The van der Waals surface area contributed by atoms with Crippen molar-refractivity contribution in [3.05, 3.63) is 34.4 Å². The minimum Gasteiger partial charge on any atom is -0.392 e. The van der Waals surface area contributed by atoms with Gasteiger partial charge in [0.15, 0.2) is 0 Å². The Morgan fingerprint density at radius 3 is 2.47 bits per heavy atom. The van der Waals surface area contributed by atoms with E-state index in [0.717, 1.165) is 81.6 Å². The number of piperidine rings is 1. The van der Waals surface area contributed by atoms with Crippen molar-refractivity contribution in [2.24, 2.45) is 16.8 Å². The van der Waals surface area contributed by atoms with Gasteiger partial charge in [0, 0.05) is 24.8 Å². The van der Waals surface area contributed by atoms with Gasteiger partial charge in [0.05, 0.1) is 13.3 Å². The lowest BCUT2D eigenvalue weighted by molar-refractivity contribution is -0.124. The Morgan fingerprint density at radius 2 is 1.85 bits per heavy atom. The zero-order valence-electron chi connectivity index (χ0n) is 20.7. The third-order valence-electron chi connectivity index (χ3n) is 8.09. The smallest absolute Gasteiger partial charge is 0.253 e. The molecule has 34 heavy (non-hydrogen) atoms. The molecule has 1 saturated heterocycles. The summed E-state index contributed by atoms with van der Waals surface area (Å²) in [6.07, 6.45) is 8.61. The number of benzene rings is 1. The molecule has 1 amide bonds. The van der Waals surface area contributed by atoms with E-state index < -0.39 is 5.54 Å². The number of aliphatic hydroxyl groups excluding tert-OH is 1. The second-order valence-corrected chi connectivity index (χ2v) is 11.6. The standard InChI is InChI=1S/C27H40FN3O2S/c1-19-16-22(18-32)17-20(2)24(19)9-15-34-31-13-10-27(11-14-31)26(33)29-25(30-27)23-7-5-21(6-8-23)4-3-12-28/h16-17,21,23,32H,3-15,18H2,1-2H3,(H,29,30,33). The fraction of sp³-hybridized carbons (Fsp3) is 0.704. The third-order valence-corrected chi connectivity index (χ3v) is 9.21. The van der Waals surface area contributed by atoms with Crippen molar-refractivity contribution in [1.29, 1.82) is 0 Å². The number of halogens is 1. The van der Waals surface area contributed by atoms with Crippen molar-refractivity contribution in [3.8, 4) is 0 Å². The van der Waals surface area contributed by atoms with E-state index in [0.29, 0.717) is 18.3 Å². The van der Waals surface area contributed by atoms with Crippen LogP contribution in [0.1, 0.15) is 73.6 Å². The summed E-state index contributed by atoms with van der Waals surface area (Å²) >= 11 is 1.88. The number of nitrogens with zero attached hydrogens (tertiary/aromatic N) is 2. The Bertz CT molecular complexity index is 867. The van der Waals surface area contributed by atoms with Gasteiger partial charge in [0.25, 0.3) is 5.91 Å². The number of aliphatic imine (C=N–C) groups is 1. The number of carbonyl (C=O) groups is 1. The summed E-state index contributed by atoms with van der Waals surface area (Å²) in [7, 11) is 0. The first-order valence-electron chi connectivity index (χ1n) is 13.0. The summed E-state index contributed by atoms with van der Waals surface area (Å²) < 4.78 is 14.9. The Kier molecular flexibility index (Phi) is 8.70. The van der Waals surface area contributed by atoms with Gasteiger partial charge in [-0.3, -0.25) is 18.5 Å². The van der Waals surface area contributed by atoms with Crippen LogP contribution in [0.3, 0.4) is 0 Å². The van der Waals surface area contributed by atoms with Crippen LogP contribution in [0, 0.1) is 25.7 Å². The van der Waals surface area contributed by atoms with Crippen LogP contribution in [0.2, 0.25) is 0 Å². The maximum Gasteiger partial charge on any atom is 0.253 e. The summed E-state index contributed by atoms with van der Waals surface area (Å²) in [6, 6.07) is 4.17. The fourth-order valence-electron chi connectivity index (χ4n) is 6.00. The first kappa shape index (κ1) is 25.6. The number of aryl methyl sites for hydroxylation is 2. The maximum atomic E-state index is 12.9. The average Bonchev–Trinajstić information content (AvgIpc) is 3.16. The lowest BCUT2D eigenvalue weighted by Gasteiger charge is -2.34. The van der Waals surface area contributed by atoms with E-state index in [1.807, 2.05) is 11.9 Å². The number of hydrogen-bond acceptors (Lipinski definition) is 5. The monoisotopic (exact) mass is 489 g/mol. The number of amidine groups is 1. The van der Waals surface area contributed by atoms with E-state index >= 15 is 0 Å². The summed E-state index contributed by atoms with van der Waals surface area (Å²) in [5.74, 6) is 3.04. The molecular weight excluding hydrogens is 449 g/mol. The van der Waals surface area contributed by atoms with Gasteiger partial charge in [-0.05, 0) is 99.8 Å². The van der Waals surface area contributed by atoms with Crippen LogP contribution in [-0.2, 0) is 17.8 Å². The highest BCUT2D eigenvalue weighted by atomic mass is 32.2. The molecule has 7 heteroatoms. The molecule has 188 valence electrons. The van der Waals surface area contributed by atoms with Crippen LogP contribution in [0.4, 0.5) is 4.39 Å². The molecule has 2 fully saturated rings. The first-order chi connectivity index (χ1) is 16.4. The predicted molar refractivity (Wildman–Crippen MR) is 138 cm³/mol. The number of aliphatic hydroxyl groups is 1. The average molecular weight is 490 g/mol. The van der Waals surface area contributed by atoms with Gasteiger partial charge in [-0.1, -0.05) is 24.1 Å². The number of alkyl halides is 1. The quantitative estimate of drug-likeness (QED) is 0.484. The number of hydrogen-bond donors (Lipinski definition) is 2. The molecule has 0 aromatic heterocycles. The van der Waals surface area contributed by atoms with Crippen LogP contribution in [0.15, 0.2) is 17.1 Å². The minimum atomic E-state index is -0.565. The Morgan fingerprint density at radius 1 is 1.18 bits per heavy atom. The van der Waals surface area contributed by atoms with E-state index in [-0.39, 0.29) is 19.2 Å². The van der Waals surface area contributed by atoms with E-state index in [2.05, 4.69) is 35.6 Å². The number of amides is 1. The van der Waals surface area contributed by atoms with Crippen LogP contribution >= 0.6 is 11.9 Å². The van der Waals surface area contributed by atoms with Gasteiger partial charge in [-0.15, -0.1) is 0 Å². The van der Waals surface area contributed by atoms with Gasteiger partial charge in [-0.2, -0.15) is 0 Å². The van der Waals surface area contributed by atoms with Gasteiger partial charge in [0.2, 0.25) is 0 Å². The minimum absolute atomic E-state index is 0.0890. The molecule has 4 rings (SSSR count). The molecule has 0 atom stereocenters. The predicted octanol–water partition coefficient (Wildman–Crippen LogP) is 4.91. The Balaban J connectivity index is 1.25. The van der Waals surface area contributed by atoms with Crippen LogP contribution < -0.4 is 5.32 Å². The molecule has 2 N–H and O–H groups in total. The molecule has 1 aromatic rings. The maximum absolute atomic E-state index is 12.9. The molecule has 0 unspecified atom stereocenters. The molecule has 2 heterocycles. The lowest BCUT2D eigenvalue weighted by atomic mass is 9.79. The van der Waals surface area contributed by atoms with Gasteiger partial charge >= 0.3 is 0 Å². The molecule has 1 spiro atoms. The van der Waals surface area contributed by atoms with Gasteiger partial charge in [-0.25, -0.2) is 0 Å². The molecule has 2 aliphatic heterocycles. The fourth-order valence-corrected chi connectivity index (χ4v) is 6.99. The van der Waals surface area contributed by atoms with Crippen LogP contribution in [0.5, 0.6) is 0 Å². The molecular formula is C27H40FN3O2S. The topological polar surface area (TPSA) is 64.9 Å². The Hall–Kier alpha value is -1.44. The highest BCUT2D eigenvalue weighted by Crippen LogP contribution is 2.37. The van der Waals surface area contributed by atoms with E-state index in [1.165, 1.54) is 16.7 Å². The van der Waals surface area contributed by atoms with Crippen molar-refractivity contribution >= 4 is 23.7 Å². The Labute approximate surface area is 208 Å². The molecule has 1 saturated carbocycles. The van der Waals surface area contributed by atoms with E-state index in [1.54, 1.807) is 0 Å². The zero-order chi connectivity index (χ0) is 24.1. The zero-order valence-corrected chi connectivity index (χ0v) is 21.6. The number of nitrogens with one attached hydrogen (secondary N) is 1. The van der Waals surface area contributed by atoms with Gasteiger partial charge in [0.1, 0.15) is 11.4 Å². The number of carbonyl (C=O) groups excluding carboxylic acids is 1. The SMILES string of the molecule is Cc1cc(CO)cc(C)c1CCSN1CCC2(CC1)N=C(C1CCC(CCCF)CC1)NC2=O. The van der Waals surface area contributed by atoms with Crippen molar-refractivity contribution in [2.45, 2.75) is 83.8 Å². The van der Waals surface area contributed by atoms with Gasteiger partial charge < -0.3 is 10.4 Å². The summed E-state index contributed by atoms with van der Waals surface area (Å²) in [6.45, 7) is 5.89. The summed E-state index contributed by atoms with van der Waals surface area (Å²) in [4.78, 5) is 17.9. The number of rotatable bonds is 9. The molecule has 1 aliphatic carbocycles. The largest absolute Gasteiger partial charge is 0.392 e. The van der Waals surface area contributed by atoms with Crippen LogP contribution in [0.25, 0.3) is 0 Å². The molecule has 0 radical (unpaired) electrons. The molecule has 1 aromatic carbocycles. The first-order valence-corrected chi connectivity index (χ1v) is 13.9. The second kappa shape index (κ2) is 11.5. The highest BCUT2D eigenvalue weighted by molar-refractivity contribution is 7.97. The van der Waals surface area contributed by atoms with Crippen molar-refractivity contribution < 1.29 is 14.3 Å². The molecule has 3 aliphatic rings. The molecule has 5 nitrogen and oxygen atoms in total. The van der Waals surface area contributed by atoms with Crippen molar-refractivity contribution in [1.82, 2.24) is 9.62 Å². The highest BCUT2D eigenvalue weighted by Gasteiger charge is 2.47. The van der Waals surface area contributed by atoms with Crippen molar-refractivity contribution in [3.63, 3.8) is 0 Å². The van der Waals surface area contributed by atoms with E-state index in [4.69, 9.17) is 4.99 Å².